The number of fused-ring (bicyclic) bond motifs is 1. The summed E-state index contributed by atoms with van der Waals surface area (Å²) in [7, 11) is 0. The Morgan fingerprint density at radius 1 is 1.11 bits per heavy atom. The summed E-state index contributed by atoms with van der Waals surface area (Å²) in [6.07, 6.45) is 0.258. The van der Waals surface area contributed by atoms with Crippen molar-refractivity contribution in [3.05, 3.63) is 81.6 Å². The number of carbonyl (C=O) groups is 2. The first-order chi connectivity index (χ1) is 13.5. The van der Waals surface area contributed by atoms with Gasteiger partial charge in [0.1, 0.15) is 6.04 Å². The maximum atomic E-state index is 12.7. The van der Waals surface area contributed by atoms with Crippen molar-refractivity contribution < 1.29 is 9.59 Å². The van der Waals surface area contributed by atoms with E-state index in [1.165, 1.54) is 17.8 Å². The number of amides is 1. The largest absolute Gasteiger partial charge is 0.341 e. The van der Waals surface area contributed by atoms with Gasteiger partial charge in [-0.05, 0) is 36.4 Å². The van der Waals surface area contributed by atoms with Gasteiger partial charge in [0.15, 0.2) is 0 Å². The summed E-state index contributed by atoms with van der Waals surface area (Å²) in [4.78, 5) is 40.1. The highest BCUT2D eigenvalue weighted by Gasteiger charge is 2.23. The fraction of sp³-hybridized carbons (Fsp3) is 0.227. The second kappa shape index (κ2) is 8.89. The molecular weight excluding hydrogens is 372 g/mol. The van der Waals surface area contributed by atoms with Crippen molar-refractivity contribution >= 4 is 33.7 Å². The van der Waals surface area contributed by atoms with Gasteiger partial charge in [-0.2, -0.15) is 0 Å². The molecule has 1 aromatic heterocycles. The Labute approximate surface area is 167 Å². The van der Waals surface area contributed by atoms with Gasteiger partial charge in [0.05, 0.1) is 0 Å². The highest BCUT2D eigenvalue weighted by atomic mass is 32.2. The Balaban J connectivity index is 1.91. The Kier molecular flexibility index (Phi) is 6.31. The zero-order valence-corrected chi connectivity index (χ0v) is 16.6. The summed E-state index contributed by atoms with van der Waals surface area (Å²) in [6, 6.07) is 15.4. The smallest absolute Gasteiger partial charge is 0.251 e. The molecule has 0 aliphatic carbocycles. The average molecular weight is 394 g/mol. The lowest BCUT2D eigenvalue weighted by molar-refractivity contribution is -0.112. The van der Waals surface area contributed by atoms with Crippen LogP contribution < -0.4 is 10.9 Å². The lowest BCUT2D eigenvalue weighted by atomic mass is 10.0. The molecule has 0 radical (unpaired) electrons. The summed E-state index contributed by atoms with van der Waals surface area (Å²) in [6.45, 7) is 3.84. The number of rotatable bonds is 6. The fourth-order valence-electron chi connectivity index (χ4n) is 3.05. The molecule has 144 valence electrons. The van der Waals surface area contributed by atoms with Crippen molar-refractivity contribution in [3.63, 3.8) is 0 Å². The van der Waals surface area contributed by atoms with Crippen LogP contribution in [0.25, 0.3) is 10.9 Å². The number of thioether (sulfide) groups is 1. The number of aromatic amines is 1. The van der Waals surface area contributed by atoms with Crippen LogP contribution in [0.3, 0.4) is 0 Å². The number of para-hydroxylation sites is 1. The number of pyridine rings is 1. The molecule has 1 amide bonds. The van der Waals surface area contributed by atoms with Crippen LogP contribution >= 0.6 is 11.8 Å². The molecular formula is C22H22N2O3S. The minimum absolute atomic E-state index is 0.118. The average Bonchev–Trinajstić information content (AvgIpc) is 2.68. The molecule has 0 fully saturated rings. The third-order valence-corrected chi connectivity index (χ3v) is 5.31. The van der Waals surface area contributed by atoms with Crippen LogP contribution in [0.5, 0.6) is 0 Å². The first-order valence-corrected chi connectivity index (χ1v) is 10.1. The predicted octanol–water partition coefficient (Wildman–Crippen LogP) is 3.46. The van der Waals surface area contributed by atoms with Gasteiger partial charge in [0.2, 0.25) is 10.7 Å². The number of aryl methyl sites for hydroxylation is 1. The van der Waals surface area contributed by atoms with Gasteiger partial charge in [-0.3, -0.25) is 14.4 Å². The summed E-state index contributed by atoms with van der Waals surface area (Å²) < 4.78 is 0. The Morgan fingerprint density at radius 2 is 1.82 bits per heavy atom. The molecule has 0 spiro atoms. The highest BCUT2D eigenvalue weighted by Crippen LogP contribution is 2.18. The summed E-state index contributed by atoms with van der Waals surface area (Å²) in [5.41, 5.74) is 2.78. The van der Waals surface area contributed by atoms with Crippen LogP contribution in [-0.2, 0) is 11.2 Å². The van der Waals surface area contributed by atoms with Crippen LogP contribution in [0.4, 0.5) is 0 Å². The first-order valence-electron chi connectivity index (χ1n) is 9.13. The molecule has 3 aromatic rings. The van der Waals surface area contributed by atoms with E-state index in [4.69, 9.17) is 0 Å². The third-order valence-electron chi connectivity index (χ3n) is 4.45. The normalized spacial score (nSPS) is 11.9. The summed E-state index contributed by atoms with van der Waals surface area (Å²) >= 11 is 1.17. The second-order valence-electron chi connectivity index (χ2n) is 6.55. The molecule has 6 heteroatoms. The fourth-order valence-corrected chi connectivity index (χ4v) is 3.68. The molecule has 0 aliphatic heterocycles. The first kappa shape index (κ1) is 19.9. The van der Waals surface area contributed by atoms with Crippen LogP contribution in [0, 0.1) is 6.92 Å². The number of aromatic nitrogens is 1. The van der Waals surface area contributed by atoms with Gasteiger partial charge in [0.25, 0.3) is 5.91 Å². The van der Waals surface area contributed by atoms with Crippen molar-refractivity contribution in [3.8, 4) is 0 Å². The lowest BCUT2D eigenvalue weighted by Gasteiger charge is -2.18. The number of hydrogen-bond donors (Lipinski definition) is 2. The van der Waals surface area contributed by atoms with Gasteiger partial charge >= 0.3 is 0 Å². The van der Waals surface area contributed by atoms with E-state index in [0.717, 1.165) is 16.5 Å². The van der Waals surface area contributed by atoms with Gasteiger partial charge in [-0.1, -0.05) is 54.6 Å². The van der Waals surface area contributed by atoms with Gasteiger partial charge < -0.3 is 10.3 Å². The third kappa shape index (κ3) is 4.70. The molecule has 3 rings (SSSR count). The van der Waals surface area contributed by atoms with E-state index in [1.54, 1.807) is 12.1 Å². The van der Waals surface area contributed by atoms with Gasteiger partial charge in [-0.15, -0.1) is 0 Å². The minimum Gasteiger partial charge on any atom is -0.341 e. The van der Waals surface area contributed by atoms with E-state index in [1.807, 2.05) is 50.2 Å². The Morgan fingerprint density at radius 3 is 2.54 bits per heavy atom. The molecule has 28 heavy (non-hydrogen) atoms. The quantitative estimate of drug-likeness (QED) is 0.671. The molecule has 1 atom stereocenters. The van der Waals surface area contributed by atoms with E-state index in [-0.39, 0.29) is 23.0 Å². The maximum Gasteiger partial charge on any atom is 0.251 e. The monoisotopic (exact) mass is 394 g/mol. The maximum absolute atomic E-state index is 12.7. The minimum atomic E-state index is -0.719. The van der Waals surface area contributed by atoms with Gasteiger partial charge in [-0.25, -0.2) is 0 Å². The van der Waals surface area contributed by atoms with E-state index in [0.29, 0.717) is 16.8 Å². The Bertz CT molecular complexity index is 1060. The number of hydrogen-bond acceptors (Lipinski definition) is 4. The van der Waals surface area contributed by atoms with E-state index >= 15 is 0 Å². The van der Waals surface area contributed by atoms with Crippen LogP contribution in [-0.4, -0.2) is 27.8 Å². The van der Waals surface area contributed by atoms with E-state index in [2.05, 4.69) is 10.3 Å². The predicted molar refractivity (Wildman–Crippen MR) is 114 cm³/mol. The number of H-pyrrole nitrogens is 1. The molecule has 2 aromatic carbocycles. The zero-order valence-electron chi connectivity index (χ0n) is 15.8. The standard InChI is InChI=1S/C22H22N2O3S/c1-3-28-22(27)19(24-21(26)15-10-8-14(2)9-11-15)12-16-13-20(25)23-18-7-5-4-6-17(16)18/h4-11,13,19H,3,12H2,1-2H3,(H,23,25)(H,24,26). The topological polar surface area (TPSA) is 79.0 Å². The summed E-state index contributed by atoms with van der Waals surface area (Å²) in [5, 5.41) is 3.60. The zero-order chi connectivity index (χ0) is 20.1. The number of carbonyl (C=O) groups excluding carboxylic acids is 2. The van der Waals surface area contributed by atoms with Crippen LogP contribution in [0.15, 0.2) is 59.4 Å². The van der Waals surface area contributed by atoms with Crippen LogP contribution in [0.2, 0.25) is 0 Å². The van der Waals surface area contributed by atoms with E-state index < -0.39 is 6.04 Å². The molecule has 0 saturated carbocycles. The van der Waals surface area contributed by atoms with Crippen molar-refractivity contribution in [2.45, 2.75) is 26.3 Å². The van der Waals surface area contributed by atoms with E-state index in [9.17, 15) is 14.4 Å². The van der Waals surface area contributed by atoms with Crippen LogP contribution in [0.1, 0.15) is 28.4 Å². The van der Waals surface area contributed by atoms with Crippen molar-refractivity contribution in [1.82, 2.24) is 10.3 Å². The Hall–Kier alpha value is -2.86. The van der Waals surface area contributed by atoms with Crippen molar-refractivity contribution in [2.75, 3.05) is 5.75 Å². The SMILES string of the molecule is CCSC(=O)C(Cc1cc(=O)[nH]c2ccccc12)NC(=O)c1ccc(C)cc1. The molecule has 0 saturated heterocycles. The molecule has 1 heterocycles. The molecule has 5 nitrogen and oxygen atoms in total. The molecule has 2 N–H and O–H groups in total. The molecule has 1 unspecified atom stereocenters. The van der Waals surface area contributed by atoms with Crippen molar-refractivity contribution in [2.24, 2.45) is 0 Å². The lowest BCUT2D eigenvalue weighted by Crippen LogP contribution is -2.41. The van der Waals surface area contributed by atoms with Gasteiger partial charge in [0, 0.05) is 29.0 Å². The second-order valence-corrected chi connectivity index (χ2v) is 7.82. The van der Waals surface area contributed by atoms with Crippen molar-refractivity contribution in [1.29, 1.82) is 0 Å². The molecule has 0 aliphatic rings. The highest BCUT2D eigenvalue weighted by molar-refractivity contribution is 8.13. The number of benzene rings is 2. The number of nitrogens with one attached hydrogen (secondary N) is 2. The molecule has 0 bridgehead atoms. The summed E-state index contributed by atoms with van der Waals surface area (Å²) in [5.74, 6) is 0.315.